The number of nitrogens with one attached hydrogen (secondary N) is 2. The Morgan fingerprint density at radius 1 is 1.12 bits per heavy atom. The van der Waals surface area contributed by atoms with E-state index in [0.717, 1.165) is 32.1 Å². The van der Waals surface area contributed by atoms with Crippen LogP contribution in [0.4, 0.5) is 0 Å². The molecule has 2 amide bonds. The molecule has 0 radical (unpaired) electrons. The van der Waals surface area contributed by atoms with E-state index in [1.165, 1.54) is 6.42 Å². The van der Waals surface area contributed by atoms with Crippen LogP contribution in [0.25, 0.3) is 0 Å². The Hall–Kier alpha value is -1.11. The van der Waals surface area contributed by atoms with Gasteiger partial charge in [-0.3, -0.25) is 14.4 Å². The number of rotatable bonds is 6. The lowest BCUT2D eigenvalue weighted by Gasteiger charge is -2.58. The van der Waals surface area contributed by atoms with E-state index in [4.69, 9.17) is 4.74 Å². The third-order valence-electron chi connectivity index (χ3n) is 5.65. The van der Waals surface area contributed by atoms with E-state index >= 15 is 0 Å². The molecular formula is C18H27BrN2O4. The Bertz CT molecular complexity index is 563. The molecule has 4 aliphatic carbocycles. The zero-order valence-corrected chi connectivity index (χ0v) is 16.5. The summed E-state index contributed by atoms with van der Waals surface area (Å²) in [5.41, 5.74) is -0.428. The molecular weight excluding hydrogens is 388 g/mol. The highest BCUT2D eigenvalue weighted by molar-refractivity contribution is 9.10. The largest absolute Gasteiger partial charge is 0.455 e. The number of hydrogen-bond acceptors (Lipinski definition) is 4. The molecule has 4 bridgehead atoms. The fraction of sp³-hybridized carbons (Fsp3) is 0.833. The number of ether oxygens (including phenoxy) is 1. The number of alkyl halides is 1. The van der Waals surface area contributed by atoms with Crippen molar-refractivity contribution in [3.63, 3.8) is 0 Å². The molecule has 0 aromatic rings. The Morgan fingerprint density at radius 3 is 2.32 bits per heavy atom. The van der Waals surface area contributed by atoms with Crippen molar-refractivity contribution in [3.05, 3.63) is 0 Å². The Labute approximate surface area is 156 Å². The molecule has 25 heavy (non-hydrogen) atoms. The van der Waals surface area contributed by atoms with Crippen LogP contribution in [0.2, 0.25) is 0 Å². The molecule has 4 atom stereocenters. The first-order valence-electron chi connectivity index (χ1n) is 9.12. The molecule has 4 rings (SSSR count). The molecule has 2 unspecified atom stereocenters. The standard InChI is InChI=1S/C18H27BrN2O4/c1-11(2)21-14(22)8-20-15(23)9-25-16(24)17-4-12-3-13(5-17)7-18(19,6-12)10-17/h11-13H,3-10H2,1-2H3,(H,20,23)(H,21,22)/t12-,13+,17?,18?. The van der Waals surface area contributed by atoms with Crippen LogP contribution in [0.5, 0.6) is 0 Å². The van der Waals surface area contributed by atoms with Crippen molar-refractivity contribution < 1.29 is 19.1 Å². The fourth-order valence-corrected chi connectivity index (χ4v) is 6.73. The first-order chi connectivity index (χ1) is 11.7. The van der Waals surface area contributed by atoms with Gasteiger partial charge in [0.25, 0.3) is 5.91 Å². The summed E-state index contributed by atoms with van der Waals surface area (Å²) in [6.07, 6.45) is 6.08. The SMILES string of the molecule is CC(C)NC(=O)CNC(=O)COC(=O)C12C[C@@H]3C[C@@H](CC(Br)(C3)C1)C2. The number of hydrogen-bond donors (Lipinski definition) is 2. The minimum Gasteiger partial charge on any atom is -0.455 e. The summed E-state index contributed by atoms with van der Waals surface area (Å²) < 4.78 is 5.42. The van der Waals surface area contributed by atoms with Crippen LogP contribution in [-0.2, 0) is 19.1 Å². The maximum Gasteiger partial charge on any atom is 0.312 e. The molecule has 2 N–H and O–H groups in total. The van der Waals surface area contributed by atoms with Crippen LogP contribution in [0, 0.1) is 17.3 Å². The number of carbonyl (C=O) groups is 3. The highest BCUT2D eigenvalue weighted by atomic mass is 79.9. The lowest BCUT2D eigenvalue weighted by molar-refractivity contribution is -0.171. The summed E-state index contributed by atoms with van der Waals surface area (Å²) in [5, 5.41) is 5.18. The van der Waals surface area contributed by atoms with Gasteiger partial charge < -0.3 is 15.4 Å². The number of halogens is 1. The van der Waals surface area contributed by atoms with Crippen LogP contribution in [-0.4, -0.2) is 41.3 Å². The van der Waals surface area contributed by atoms with E-state index in [9.17, 15) is 14.4 Å². The third kappa shape index (κ3) is 4.18. The smallest absolute Gasteiger partial charge is 0.312 e. The molecule has 4 aliphatic rings. The number of carbonyl (C=O) groups excluding carboxylic acids is 3. The van der Waals surface area contributed by atoms with Crippen LogP contribution >= 0.6 is 15.9 Å². The summed E-state index contributed by atoms with van der Waals surface area (Å²) >= 11 is 3.87. The summed E-state index contributed by atoms with van der Waals surface area (Å²) in [6, 6.07) is 0.0230. The first-order valence-corrected chi connectivity index (χ1v) is 9.91. The molecule has 0 aromatic heterocycles. The van der Waals surface area contributed by atoms with Crippen molar-refractivity contribution in [1.82, 2.24) is 10.6 Å². The average Bonchev–Trinajstić information content (AvgIpc) is 2.47. The third-order valence-corrected chi connectivity index (χ3v) is 6.58. The monoisotopic (exact) mass is 414 g/mol. The zero-order chi connectivity index (χ0) is 18.2. The second-order valence-corrected chi connectivity index (χ2v) is 10.1. The second kappa shape index (κ2) is 6.89. The van der Waals surface area contributed by atoms with Gasteiger partial charge >= 0.3 is 5.97 Å². The minimum absolute atomic E-state index is 0.0230. The highest BCUT2D eigenvalue weighted by Gasteiger charge is 2.60. The van der Waals surface area contributed by atoms with Crippen LogP contribution < -0.4 is 10.6 Å². The predicted molar refractivity (Wildman–Crippen MR) is 96.0 cm³/mol. The molecule has 4 saturated carbocycles. The van der Waals surface area contributed by atoms with Gasteiger partial charge in [-0.1, -0.05) is 15.9 Å². The summed E-state index contributed by atoms with van der Waals surface area (Å²) in [5.74, 6) is 0.234. The number of esters is 1. The minimum atomic E-state index is -0.439. The molecule has 6 nitrogen and oxygen atoms in total. The van der Waals surface area contributed by atoms with E-state index in [1.807, 2.05) is 13.8 Å². The lowest BCUT2D eigenvalue weighted by atomic mass is 9.49. The average molecular weight is 415 g/mol. The van der Waals surface area contributed by atoms with Crippen molar-refractivity contribution in [1.29, 1.82) is 0 Å². The van der Waals surface area contributed by atoms with E-state index in [-0.39, 0.29) is 35.4 Å². The Balaban J connectivity index is 1.48. The second-order valence-electron chi connectivity index (χ2n) is 8.47. The Kier molecular flexibility index (Phi) is 5.15. The van der Waals surface area contributed by atoms with Gasteiger partial charge in [0, 0.05) is 10.4 Å². The van der Waals surface area contributed by atoms with Gasteiger partial charge in [-0.25, -0.2) is 0 Å². The van der Waals surface area contributed by atoms with E-state index < -0.39 is 11.3 Å². The first kappa shape index (κ1) is 18.7. The van der Waals surface area contributed by atoms with Gasteiger partial charge in [0.1, 0.15) is 0 Å². The quantitative estimate of drug-likeness (QED) is 0.513. The lowest BCUT2D eigenvalue weighted by Crippen LogP contribution is -2.56. The molecule has 0 saturated heterocycles. The fourth-order valence-electron chi connectivity index (χ4n) is 5.28. The summed E-state index contributed by atoms with van der Waals surface area (Å²) in [6.45, 7) is 3.28. The van der Waals surface area contributed by atoms with Crippen LogP contribution in [0.1, 0.15) is 52.4 Å². The molecule has 140 valence electrons. The predicted octanol–water partition coefficient (Wildman–Crippen LogP) is 1.90. The molecule has 0 aromatic carbocycles. The van der Waals surface area contributed by atoms with Crippen molar-refractivity contribution >= 4 is 33.7 Å². The van der Waals surface area contributed by atoms with E-state index in [0.29, 0.717) is 11.8 Å². The molecule has 4 fully saturated rings. The van der Waals surface area contributed by atoms with Gasteiger partial charge in [0.05, 0.1) is 12.0 Å². The van der Waals surface area contributed by atoms with Gasteiger partial charge in [-0.15, -0.1) is 0 Å². The normalized spacial score (nSPS) is 35.5. The van der Waals surface area contributed by atoms with Crippen LogP contribution in [0.3, 0.4) is 0 Å². The van der Waals surface area contributed by atoms with Crippen molar-refractivity contribution in [2.45, 2.75) is 62.7 Å². The Morgan fingerprint density at radius 2 is 1.76 bits per heavy atom. The summed E-state index contributed by atoms with van der Waals surface area (Å²) in [7, 11) is 0. The van der Waals surface area contributed by atoms with Gasteiger partial charge in [-0.05, 0) is 64.2 Å². The van der Waals surface area contributed by atoms with Crippen molar-refractivity contribution in [2.24, 2.45) is 17.3 Å². The highest BCUT2D eigenvalue weighted by Crippen LogP contribution is 2.64. The molecule has 0 heterocycles. The number of amides is 2. The van der Waals surface area contributed by atoms with Gasteiger partial charge in [0.2, 0.25) is 5.91 Å². The molecule has 0 spiro atoms. The zero-order valence-electron chi connectivity index (χ0n) is 14.9. The maximum atomic E-state index is 12.7. The summed E-state index contributed by atoms with van der Waals surface area (Å²) in [4.78, 5) is 36.1. The van der Waals surface area contributed by atoms with Crippen molar-refractivity contribution in [3.8, 4) is 0 Å². The molecule has 7 heteroatoms. The van der Waals surface area contributed by atoms with Crippen LogP contribution in [0.15, 0.2) is 0 Å². The van der Waals surface area contributed by atoms with E-state index in [1.54, 1.807) is 0 Å². The van der Waals surface area contributed by atoms with Gasteiger partial charge in [0.15, 0.2) is 6.61 Å². The molecule has 0 aliphatic heterocycles. The maximum absolute atomic E-state index is 12.7. The topological polar surface area (TPSA) is 84.5 Å². The van der Waals surface area contributed by atoms with E-state index in [2.05, 4.69) is 26.6 Å². The van der Waals surface area contributed by atoms with Crippen molar-refractivity contribution in [2.75, 3.05) is 13.2 Å². The van der Waals surface area contributed by atoms with Gasteiger partial charge in [-0.2, -0.15) is 0 Å².